The van der Waals surface area contributed by atoms with Crippen molar-refractivity contribution in [1.82, 2.24) is 4.90 Å². The van der Waals surface area contributed by atoms with Crippen molar-refractivity contribution in [3.63, 3.8) is 0 Å². The van der Waals surface area contributed by atoms with Crippen LogP contribution in [0, 0.1) is 5.82 Å². The highest BCUT2D eigenvalue weighted by Gasteiger charge is 2.45. The van der Waals surface area contributed by atoms with E-state index in [0.717, 1.165) is 37.8 Å². The van der Waals surface area contributed by atoms with Crippen LogP contribution >= 0.6 is 0 Å². The van der Waals surface area contributed by atoms with E-state index in [1.165, 1.54) is 23.3 Å². The van der Waals surface area contributed by atoms with Gasteiger partial charge in [0.2, 0.25) is 0 Å². The number of fused-ring (bicyclic) bond motifs is 1. The summed E-state index contributed by atoms with van der Waals surface area (Å²) in [6, 6.07) is 16.2. The summed E-state index contributed by atoms with van der Waals surface area (Å²) in [6.07, 6.45) is 3.83. The summed E-state index contributed by atoms with van der Waals surface area (Å²) in [5.74, 6) is -0.220. The predicted octanol–water partition coefficient (Wildman–Crippen LogP) is 3.41. The second kappa shape index (κ2) is 6.34. The van der Waals surface area contributed by atoms with Crippen LogP contribution in [0.2, 0.25) is 0 Å². The maximum Gasteiger partial charge on any atom is 0.288 e. The number of rotatable bonds is 1. The standard InChI is InChI=1S/C22H24FN3O/c23-17-7-5-16(6-8-17)20-19-4-2-1-3-15(19)10-12-26(20)21-25-22(14-27-21)11-9-18(24)13-22/h1-8,18,20H,9-14,24H2/t18-,20+,22+/m1/s1. The van der Waals surface area contributed by atoms with Crippen LogP contribution in [0.15, 0.2) is 53.5 Å². The van der Waals surface area contributed by atoms with Crippen LogP contribution in [0.5, 0.6) is 0 Å². The topological polar surface area (TPSA) is 50.9 Å². The lowest BCUT2D eigenvalue weighted by Gasteiger charge is -2.38. The molecule has 0 saturated heterocycles. The zero-order chi connectivity index (χ0) is 18.4. The van der Waals surface area contributed by atoms with E-state index >= 15 is 0 Å². The molecule has 0 bridgehead atoms. The van der Waals surface area contributed by atoms with E-state index in [0.29, 0.717) is 12.6 Å². The predicted molar refractivity (Wildman–Crippen MR) is 103 cm³/mol. The van der Waals surface area contributed by atoms with Gasteiger partial charge in [-0.1, -0.05) is 36.4 Å². The minimum absolute atomic E-state index is 0.0143. The van der Waals surface area contributed by atoms with Gasteiger partial charge in [-0.15, -0.1) is 0 Å². The first-order valence-electron chi connectivity index (χ1n) is 9.72. The van der Waals surface area contributed by atoms with Crippen molar-refractivity contribution in [2.45, 2.75) is 43.3 Å². The van der Waals surface area contributed by atoms with Crippen molar-refractivity contribution in [1.29, 1.82) is 0 Å². The Morgan fingerprint density at radius 2 is 1.96 bits per heavy atom. The Kier molecular flexibility index (Phi) is 3.93. The Morgan fingerprint density at radius 3 is 2.74 bits per heavy atom. The number of aliphatic imine (C=N–C) groups is 1. The summed E-state index contributed by atoms with van der Waals surface area (Å²) in [5.41, 5.74) is 9.61. The van der Waals surface area contributed by atoms with Gasteiger partial charge in [0, 0.05) is 12.6 Å². The number of nitrogens with zero attached hydrogens (tertiary/aromatic N) is 2. The largest absolute Gasteiger partial charge is 0.463 e. The van der Waals surface area contributed by atoms with Gasteiger partial charge in [-0.2, -0.15) is 0 Å². The molecule has 140 valence electrons. The summed E-state index contributed by atoms with van der Waals surface area (Å²) in [6.45, 7) is 1.45. The Morgan fingerprint density at radius 1 is 1.15 bits per heavy atom. The van der Waals surface area contributed by atoms with Gasteiger partial charge in [-0.25, -0.2) is 9.38 Å². The van der Waals surface area contributed by atoms with Crippen LogP contribution in [-0.4, -0.2) is 35.7 Å². The van der Waals surface area contributed by atoms with Gasteiger partial charge in [0.15, 0.2) is 0 Å². The van der Waals surface area contributed by atoms with Crippen LogP contribution < -0.4 is 5.73 Å². The third-order valence-corrected chi connectivity index (χ3v) is 6.14. The molecule has 2 aromatic rings. The normalized spacial score (nSPS) is 29.6. The van der Waals surface area contributed by atoms with Gasteiger partial charge in [-0.3, -0.25) is 0 Å². The lowest BCUT2D eigenvalue weighted by atomic mass is 9.88. The molecular weight excluding hydrogens is 341 g/mol. The molecule has 1 aliphatic carbocycles. The van der Waals surface area contributed by atoms with Gasteiger partial charge in [0.05, 0.1) is 6.04 Å². The first-order valence-corrected chi connectivity index (χ1v) is 9.72. The molecule has 4 nitrogen and oxygen atoms in total. The van der Waals surface area contributed by atoms with Crippen LogP contribution in [0.4, 0.5) is 4.39 Å². The maximum atomic E-state index is 13.5. The fourth-order valence-corrected chi connectivity index (χ4v) is 4.77. The second-order valence-electron chi connectivity index (χ2n) is 8.01. The van der Waals surface area contributed by atoms with E-state index in [1.54, 1.807) is 0 Å². The highest BCUT2D eigenvalue weighted by Crippen LogP contribution is 2.40. The average Bonchev–Trinajstić information content (AvgIpc) is 3.27. The summed E-state index contributed by atoms with van der Waals surface area (Å²) < 4.78 is 19.6. The Balaban J connectivity index is 1.55. The molecule has 1 saturated carbocycles. The smallest absolute Gasteiger partial charge is 0.288 e. The van der Waals surface area contributed by atoms with Gasteiger partial charge in [0.25, 0.3) is 6.02 Å². The van der Waals surface area contributed by atoms with Gasteiger partial charge < -0.3 is 15.4 Å². The highest BCUT2D eigenvalue weighted by atomic mass is 19.1. The molecular formula is C22H24FN3O. The number of nitrogens with two attached hydrogens (primary N) is 1. The number of halogens is 1. The molecule has 27 heavy (non-hydrogen) atoms. The summed E-state index contributed by atoms with van der Waals surface area (Å²) >= 11 is 0. The van der Waals surface area contributed by atoms with Crippen molar-refractivity contribution >= 4 is 6.02 Å². The zero-order valence-electron chi connectivity index (χ0n) is 15.3. The molecule has 3 aliphatic rings. The zero-order valence-corrected chi connectivity index (χ0v) is 15.3. The highest BCUT2D eigenvalue weighted by molar-refractivity contribution is 5.78. The molecule has 2 N–H and O–H groups in total. The van der Waals surface area contributed by atoms with Gasteiger partial charge >= 0.3 is 0 Å². The summed E-state index contributed by atoms with van der Waals surface area (Å²) in [5, 5.41) is 0. The summed E-state index contributed by atoms with van der Waals surface area (Å²) in [4.78, 5) is 7.27. The molecule has 1 fully saturated rings. The van der Waals surface area contributed by atoms with Crippen LogP contribution in [0.1, 0.15) is 42.0 Å². The average molecular weight is 365 g/mol. The van der Waals surface area contributed by atoms with Crippen molar-refractivity contribution in [2.75, 3.05) is 13.2 Å². The molecule has 1 spiro atoms. The molecule has 2 heterocycles. The third-order valence-electron chi connectivity index (χ3n) is 6.14. The molecule has 0 unspecified atom stereocenters. The quantitative estimate of drug-likeness (QED) is 0.843. The Labute approximate surface area is 158 Å². The Bertz CT molecular complexity index is 881. The number of ether oxygens (including phenoxy) is 1. The molecule has 2 aromatic carbocycles. The maximum absolute atomic E-state index is 13.5. The molecule has 0 radical (unpaired) electrons. The van der Waals surface area contributed by atoms with E-state index in [9.17, 15) is 4.39 Å². The van der Waals surface area contributed by atoms with Crippen molar-refractivity contribution in [2.24, 2.45) is 10.7 Å². The van der Waals surface area contributed by atoms with Crippen molar-refractivity contribution < 1.29 is 9.13 Å². The number of amidine groups is 1. The summed E-state index contributed by atoms with van der Waals surface area (Å²) in [7, 11) is 0. The minimum Gasteiger partial charge on any atom is -0.463 e. The van der Waals surface area contributed by atoms with E-state index in [1.807, 2.05) is 12.1 Å². The lowest BCUT2D eigenvalue weighted by molar-refractivity contribution is 0.202. The van der Waals surface area contributed by atoms with E-state index in [4.69, 9.17) is 15.5 Å². The molecule has 2 aliphatic heterocycles. The first-order chi connectivity index (χ1) is 13.1. The van der Waals surface area contributed by atoms with E-state index in [2.05, 4.69) is 29.2 Å². The minimum atomic E-state index is -0.220. The second-order valence-corrected chi connectivity index (χ2v) is 8.01. The van der Waals surface area contributed by atoms with Crippen molar-refractivity contribution in [3.05, 3.63) is 71.0 Å². The first kappa shape index (κ1) is 16.8. The molecule has 3 atom stereocenters. The number of benzene rings is 2. The van der Waals surface area contributed by atoms with Gasteiger partial charge in [0.1, 0.15) is 18.0 Å². The fraction of sp³-hybridized carbons (Fsp3) is 0.409. The molecule has 5 rings (SSSR count). The monoisotopic (exact) mass is 365 g/mol. The molecule has 0 aromatic heterocycles. The van der Waals surface area contributed by atoms with Crippen molar-refractivity contribution in [3.8, 4) is 0 Å². The Hall–Kier alpha value is -2.40. The number of hydrogen-bond acceptors (Lipinski definition) is 4. The molecule has 5 heteroatoms. The number of hydrogen-bond donors (Lipinski definition) is 1. The van der Waals surface area contributed by atoms with E-state index in [-0.39, 0.29) is 23.4 Å². The lowest BCUT2D eigenvalue weighted by Crippen LogP contribution is -2.40. The fourth-order valence-electron chi connectivity index (χ4n) is 4.77. The molecule has 0 amide bonds. The SMILES string of the molecule is N[C@@H]1CC[C@@]2(COC(N3CCc4ccccc4[C@@H]3c3ccc(F)cc3)=N2)C1. The third kappa shape index (κ3) is 2.90. The van der Waals surface area contributed by atoms with Crippen LogP contribution in [0.3, 0.4) is 0 Å². The van der Waals surface area contributed by atoms with E-state index < -0.39 is 0 Å². The van der Waals surface area contributed by atoms with Crippen LogP contribution in [-0.2, 0) is 11.2 Å². The van der Waals surface area contributed by atoms with Gasteiger partial charge in [-0.05, 0) is 54.5 Å². The van der Waals surface area contributed by atoms with Crippen LogP contribution in [0.25, 0.3) is 0 Å².